The molecule has 15 heavy (non-hydrogen) atoms. The summed E-state index contributed by atoms with van der Waals surface area (Å²) in [5.41, 5.74) is -0.556. The number of benzene rings is 1. The average molecular weight is 211 g/mol. The van der Waals surface area contributed by atoms with Crippen molar-refractivity contribution in [3.63, 3.8) is 0 Å². The second-order valence-electron chi connectivity index (χ2n) is 3.03. The van der Waals surface area contributed by atoms with E-state index in [0.717, 1.165) is 6.07 Å². The normalized spacial score (nSPS) is 12.1. The molecule has 6 heteroatoms. The van der Waals surface area contributed by atoms with Crippen LogP contribution in [0.2, 0.25) is 0 Å². The number of hydrogen-bond acceptors (Lipinski definition) is 4. The molecule has 2 N–H and O–H groups in total. The molecule has 0 spiro atoms. The Hall–Kier alpha value is -2.11. The highest BCUT2D eigenvalue weighted by molar-refractivity contribution is 5.78. The van der Waals surface area contributed by atoms with Gasteiger partial charge in [0.05, 0.1) is 16.4 Å². The van der Waals surface area contributed by atoms with Crippen molar-refractivity contribution in [2.45, 2.75) is 12.8 Å². The predicted octanol–water partition coefficient (Wildman–Crippen LogP) is 1.49. The molecule has 0 aliphatic rings. The Morgan fingerprint density at radius 1 is 1.53 bits per heavy atom. The number of aromatic hydroxyl groups is 1. The predicted molar refractivity (Wildman–Crippen MR) is 50.8 cm³/mol. The van der Waals surface area contributed by atoms with Gasteiger partial charge in [-0.15, -0.1) is 0 Å². The summed E-state index contributed by atoms with van der Waals surface area (Å²) >= 11 is 0. The van der Waals surface area contributed by atoms with Gasteiger partial charge >= 0.3 is 5.97 Å². The summed E-state index contributed by atoms with van der Waals surface area (Å²) in [6.07, 6.45) is 0. The number of rotatable bonds is 3. The van der Waals surface area contributed by atoms with Gasteiger partial charge in [0.15, 0.2) is 0 Å². The molecule has 0 amide bonds. The molecule has 80 valence electrons. The maximum absolute atomic E-state index is 10.7. The quantitative estimate of drug-likeness (QED) is 0.582. The minimum Gasteiger partial charge on any atom is -0.507 e. The van der Waals surface area contributed by atoms with Crippen LogP contribution in [0, 0.1) is 10.1 Å². The molecule has 1 atom stereocenters. The minimum atomic E-state index is -1.22. The maximum Gasteiger partial charge on any atom is 0.311 e. The number of carboxylic acid groups (broad SMARTS) is 1. The van der Waals surface area contributed by atoms with Crippen molar-refractivity contribution in [3.05, 3.63) is 33.9 Å². The molecular formula is C9H9NO5. The smallest absolute Gasteiger partial charge is 0.311 e. The summed E-state index contributed by atoms with van der Waals surface area (Å²) in [6.45, 7) is 1.28. The first kappa shape index (κ1) is 11.0. The van der Waals surface area contributed by atoms with E-state index >= 15 is 0 Å². The molecule has 0 saturated carbocycles. The van der Waals surface area contributed by atoms with Gasteiger partial charge in [-0.25, -0.2) is 0 Å². The van der Waals surface area contributed by atoms with E-state index in [1.165, 1.54) is 19.1 Å². The Morgan fingerprint density at radius 3 is 2.60 bits per heavy atom. The van der Waals surface area contributed by atoms with Crippen LogP contribution < -0.4 is 0 Å². The van der Waals surface area contributed by atoms with Crippen LogP contribution in [0.15, 0.2) is 18.2 Å². The molecule has 0 aliphatic heterocycles. The Kier molecular flexibility index (Phi) is 2.89. The van der Waals surface area contributed by atoms with Crippen molar-refractivity contribution >= 4 is 11.7 Å². The topological polar surface area (TPSA) is 101 Å². The monoisotopic (exact) mass is 211 g/mol. The van der Waals surface area contributed by atoms with Crippen LogP contribution >= 0.6 is 0 Å². The highest BCUT2D eigenvalue weighted by Gasteiger charge is 2.26. The number of carboxylic acids is 1. The van der Waals surface area contributed by atoms with E-state index in [9.17, 15) is 20.0 Å². The molecule has 0 heterocycles. The maximum atomic E-state index is 10.7. The zero-order chi connectivity index (χ0) is 11.6. The fourth-order valence-corrected chi connectivity index (χ4v) is 1.27. The molecule has 1 aromatic carbocycles. The summed E-state index contributed by atoms with van der Waals surface area (Å²) in [6, 6.07) is 3.68. The summed E-state index contributed by atoms with van der Waals surface area (Å²) in [5, 5.41) is 28.7. The van der Waals surface area contributed by atoms with Crippen LogP contribution in [-0.4, -0.2) is 21.1 Å². The molecule has 1 aromatic rings. The highest BCUT2D eigenvalue weighted by atomic mass is 16.6. The van der Waals surface area contributed by atoms with E-state index in [1.54, 1.807) is 0 Å². The van der Waals surface area contributed by atoms with Crippen molar-refractivity contribution in [3.8, 4) is 5.75 Å². The van der Waals surface area contributed by atoms with Crippen molar-refractivity contribution in [1.82, 2.24) is 0 Å². The van der Waals surface area contributed by atoms with Gasteiger partial charge in [-0.3, -0.25) is 14.9 Å². The fraction of sp³-hybridized carbons (Fsp3) is 0.222. The third-order valence-corrected chi connectivity index (χ3v) is 2.06. The molecule has 0 radical (unpaired) electrons. The summed E-state index contributed by atoms with van der Waals surface area (Å²) in [7, 11) is 0. The van der Waals surface area contributed by atoms with Gasteiger partial charge in [0, 0.05) is 6.07 Å². The lowest BCUT2D eigenvalue weighted by atomic mass is 9.98. The molecule has 0 fully saturated rings. The average Bonchev–Trinajstić information content (AvgIpc) is 2.16. The van der Waals surface area contributed by atoms with Crippen molar-refractivity contribution in [1.29, 1.82) is 0 Å². The van der Waals surface area contributed by atoms with E-state index in [2.05, 4.69) is 0 Å². The third-order valence-electron chi connectivity index (χ3n) is 2.06. The van der Waals surface area contributed by atoms with Crippen molar-refractivity contribution in [2.24, 2.45) is 0 Å². The van der Waals surface area contributed by atoms with E-state index in [0.29, 0.717) is 0 Å². The Balaban J connectivity index is 3.37. The van der Waals surface area contributed by atoms with E-state index in [-0.39, 0.29) is 17.0 Å². The number of hydrogen-bond donors (Lipinski definition) is 2. The number of nitro groups is 1. The Labute approximate surface area is 84.9 Å². The first-order valence-corrected chi connectivity index (χ1v) is 4.14. The van der Waals surface area contributed by atoms with Crippen LogP contribution in [0.1, 0.15) is 18.4 Å². The lowest BCUT2D eigenvalue weighted by molar-refractivity contribution is -0.385. The standard InChI is InChI=1S/C9H9NO5/c1-5(9(12)13)8-6(10(14)15)3-2-4-7(8)11/h2-5,11H,1H3,(H,12,13). The number of phenolic OH excluding ortho intramolecular Hbond substituents is 1. The second kappa shape index (κ2) is 3.95. The highest BCUT2D eigenvalue weighted by Crippen LogP contribution is 2.33. The van der Waals surface area contributed by atoms with Crippen LogP contribution in [0.3, 0.4) is 0 Å². The molecular weight excluding hydrogens is 202 g/mol. The first-order valence-electron chi connectivity index (χ1n) is 4.14. The summed E-state index contributed by atoms with van der Waals surface area (Å²) < 4.78 is 0. The van der Waals surface area contributed by atoms with Crippen LogP contribution in [0.25, 0.3) is 0 Å². The van der Waals surface area contributed by atoms with Crippen LogP contribution in [0.4, 0.5) is 5.69 Å². The van der Waals surface area contributed by atoms with Gasteiger partial charge in [-0.05, 0) is 13.0 Å². The number of carbonyl (C=O) groups is 1. The van der Waals surface area contributed by atoms with Gasteiger partial charge in [0.2, 0.25) is 0 Å². The molecule has 1 unspecified atom stereocenters. The Morgan fingerprint density at radius 2 is 2.13 bits per heavy atom. The number of nitrogens with zero attached hydrogens (tertiary/aromatic N) is 1. The molecule has 0 aliphatic carbocycles. The lowest BCUT2D eigenvalue weighted by Crippen LogP contribution is -2.10. The SMILES string of the molecule is CC(C(=O)O)c1c(O)cccc1[N+](=O)[O-]. The van der Waals surface area contributed by atoms with Crippen molar-refractivity contribution < 1.29 is 19.9 Å². The van der Waals surface area contributed by atoms with Gasteiger partial charge in [-0.2, -0.15) is 0 Å². The number of nitro benzene ring substituents is 1. The summed E-state index contributed by atoms with van der Waals surface area (Å²) in [4.78, 5) is 20.6. The molecule has 6 nitrogen and oxygen atoms in total. The van der Waals surface area contributed by atoms with E-state index < -0.39 is 16.8 Å². The fourth-order valence-electron chi connectivity index (χ4n) is 1.27. The van der Waals surface area contributed by atoms with Crippen LogP contribution in [0.5, 0.6) is 5.75 Å². The zero-order valence-electron chi connectivity index (χ0n) is 7.88. The molecule has 0 aromatic heterocycles. The summed E-state index contributed by atoms with van der Waals surface area (Å²) in [5.74, 6) is -2.72. The number of phenols is 1. The van der Waals surface area contributed by atoms with Gasteiger partial charge in [0.1, 0.15) is 5.75 Å². The van der Waals surface area contributed by atoms with Crippen molar-refractivity contribution in [2.75, 3.05) is 0 Å². The van der Waals surface area contributed by atoms with Crippen LogP contribution in [-0.2, 0) is 4.79 Å². The first-order chi connectivity index (χ1) is 6.95. The third kappa shape index (κ3) is 2.04. The Bertz CT molecular complexity index is 415. The van der Waals surface area contributed by atoms with Gasteiger partial charge in [0.25, 0.3) is 5.69 Å². The van der Waals surface area contributed by atoms with Gasteiger partial charge in [-0.1, -0.05) is 6.07 Å². The molecule has 0 saturated heterocycles. The zero-order valence-corrected chi connectivity index (χ0v) is 7.88. The molecule has 0 bridgehead atoms. The largest absolute Gasteiger partial charge is 0.507 e. The lowest BCUT2D eigenvalue weighted by Gasteiger charge is -2.08. The molecule has 1 rings (SSSR count). The number of aliphatic carboxylic acids is 1. The van der Waals surface area contributed by atoms with E-state index in [1.807, 2.05) is 0 Å². The van der Waals surface area contributed by atoms with Gasteiger partial charge < -0.3 is 10.2 Å². The van der Waals surface area contributed by atoms with E-state index in [4.69, 9.17) is 5.11 Å². The minimum absolute atomic E-state index is 0.171. The second-order valence-corrected chi connectivity index (χ2v) is 3.03.